The fraction of sp³-hybridized carbons (Fsp3) is 0.364. The number of aromatic amines is 1. The van der Waals surface area contributed by atoms with Crippen LogP contribution < -0.4 is 5.32 Å². The number of anilines is 1. The molecule has 7 rings (SSSR count). The van der Waals surface area contributed by atoms with Gasteiger partial charge in [0.25, 0.3) is 0 Å². The van der Waals surface area contributed by atoms with Crippen molar-refractivity contribution in [3.63, 3.8) is 0 Å². The summed E-state index contributed by atoms with van der Waals surface area (Å²) in [4.78, 5) is 22.1. The number of thiophene rings is 1. The van der Waals surface area contributed by atoms with Crippen LogP contribution in [-0.4, -0.2) is 31.0 Å². The molecule has 2 bridgehead atoms. The van der Waals surface area contributed by atoms with Gasteiger partial charge in [0.15, 0.2) is 16.6 Å². The Labute approximate surface area is 187 Å². The van der Waals surface area contributed by atoms with Crippen molar-refractivity contribution < 1.29 is 4.39 Å². The largest absolute Gasteiger partial charge is 0.367 e. The van der Waals surface area contributed by atoms with Gasteiger partial charge in [-0.05, 0) is 43.2 Å². The fourth-order valence-electron chi connectivity index (χ4n) is 5.00. The van der Waals surface area contributed by atoms with Crippen LogP contribution in [0.25, 0.3) is 33.1 Å². The third kappa shape index (κ3) is 3.57. The molecule has 0 spiro atoms. The maximum Gasteiger partial charge on any atom is 0.177 e. The molecular weight excluding hydrogens is 435 g/mol. The van der Waals surface area contributed by atoms with E-state index >= 15 is 0 Å². The average molecular weight is 455 g/mol. The van der Waals surface area contributed by atoms with E-state index in [9.17, 15) is 4.39 Å². The Morgan fingerprint density at radius 1 is 1.13 bits per heavy atom. The maximum absolute atomic E-state index is 13.7. The predicted molar refractivity (Wildman–Crippen MR) is 121 cm³/mol. The van der Waals surface area contributed by atoms with E-state index in [2.05, 4.69) is 20.3 Å². The highest BCUT2D eigenvalue weighted by Gasteiger charge is 2.35. The molecule has 4 aromatic rings. The van der Waals surface area contributed by atoms with E-state index in [1.807, 2.05) is 6.07 Å². The zero-order valence-corrected chi connectivity index (χ0v) is 18.2. The van der Waals surface area contributed by atoms with Crippen LogP contribution in [0.3, 0.4) is 0 Å². The first kappa shape index (κ1) is 19.1. The summed E-state index contributed by atoms with van der Waals surface area (Å²) in [6, 6.07) is 5.56. The highest BCUT2D eigenvalue weighted by atomic mass is 35.5. The predicted octanol–water partition coefficient (Wildman–Crippen LogP) is 5.93. The molecular formula is C22H20ClFN6S. The van der Waals surface area contributed by atoms with E-state index in [1.54, 1.807) is 12.3 Å². The molecule has 4 aromatic heterocycles. The molecule has 158 valence electrons. The van der Waals surface area contributed by atoms with Gasteiger partial charge in [0.1, 0.15) is 16.5 Å². The Morgan fingerprint density at radius 2 is 2.00 bits per heavy atom. The molecule has 0 amide bonds. The second-order valence-electron chi connectivity index (χ2n) is 8.43. The zero-order valence-electron chi connectivity index (χ0n) is 16.6. The van der Waals surface area contributed by atoms with Crippen LogP contribution in [0.1, 0.15) is 32.1 Å². The van der Waals surface area contributed by atoms with Crippen molar-refractivity contribution >= 4 is 39.9 Å². The van der Waals surface area contributed by atoms with Crippen molar-refractivity contribution in [2.75, 3.05) is 5.32 Å². The molecule has 0 unspecified atom stereocenters. The lowest BCUT2D eigenvalue weighted by Crippen LogP contribution is -2.40. The lowest BCUT2D eigenvalue weighted by atomic mass is 9.68. The second kappa shape index (κ2) is 7.53. The minimum atomic E-state index is -0.237. The summed E-state index contributed by atoms with van der Waals surface area (Å²) in [6.45, 7) is 0. The quantitative estimate of drug-likeness (QED) is 0.399. The standard InChI is InChI=1S/C22H20ClFN6S/c23-17-10-26-22-20(29-17)13(9-25-22)21-28-15(16-5-6-18(24)31-16)8-19(30-21)27-14-7-11-1-3-12(14)4-2-11/h5-6,8-12,14H,1-4,7H2,(H,25,26)(H,27,28,30)/t11?,12?,14-/m1/s1. The van der Waals surface area contributed by atoms with Gasteiger partial charge in [-0.3, -0.25) is 0 Å². The number of rotatable bonds is 4. The van der Waals surface area contributed by atoms with Crippen LogP contribution in [0.15, 0.2) is 30.6 Å². The summed E-state index contributed by atoms with van der Waals surface area (Å²) in [5, 5.41) is 3.75. The molecule has 6 nitrogen and oxygen atoms in total. The SMILES string of the molecule is Fc1ccc(-c2cc(N[C@@H]3CC4CCC3CC4)nc(-c3c[nH]c4ncc(Cl)nc34)n2)s1. The number of halogens is 2. The molecule has 3 saturated carbocycles. The van der Waals surface area contributed by atoms with E-state index in [4.69, 9.17) is 21.6 Å². The van der Waals surface area contributed by atoms with Crippen LogP contribution in [0.4, 0.5) is 10.2 Å². The van der Waals surface area contributed by atoms with E-state index in [0.717, 1.165) is 33.5 Å². The topological polar surface area (TPSA) is 79.4 Å². The highest BCUT2D eigenvalue weighted by Crippen LogP contribution is 2.42. The van der Waals surface area contributed by atoms with E-state index in [1.165, 1.54) is 44.4 Å². The van der Waals surface area contributed by atoms with Crippen molar-refractivity contribution in [2.24, 2.45) is 11.8 Å². The van der Waals surface area contributed by atoms with Crippen molar-refractivity contribution in [2.45, 2.75) is 38.1 Å². The minimum Gasteiger partial charge on any atom is -0.367 e. The maximum atomic E-state index is 13.7. The Kier molecular flexibility index (Phi) is 4.65. The number of hydrogen-bond acceptors (Lipinski definition) is 6. The monoisotopic (exact) mass is 454 g/mol. The van der Waals surface area contributed by atoms with Gasteiger partial charge in [-0.15, -0.1) is 11.3 Å². The Balaban J connectivity index is 1.44. The van der Waals surface area contributed by atoms with E-state index in [-0.39, 0.29) is 5.13 Å². The molecule has 4 heterocycles. The third-order valence-electron chi connectivity index (χ3n) is 6.53. The van der Waals surface area contributed by atoms with Gasteiger partial charge in [-0.1, -0.05) is 24.4 Å². The normalized spacial score (nSPS) is 22.8. The zero-order chi connectivity index (χ0) is 20.9. The summed E-state index contributed by atoms with van der Waals surface area (Å²) < 4.78 is 13.7. The lowest BCUT2D eigenvalue weighted by Gasteiger charge is -2.42. The third-order valence-corrected chi connectivity index (χ3v) is 7.60. The second-order valence-corrected chi connectivity index (χ2v) is 9.85. The summed E-state index contributed by atoms with van der Waals surface area (Å²) in [5.74, 6) is 2.76. The Bertz CT molecular complexity index is 1260. The number of nitrogens with zero attached hydrogens (tertiary/aromatic N) is 4. The molecule has 1 atom stereocenters. The molecule has 2 N–H and O–H groups in total. The summed E-state index contributed by atoms with van der Waals surface area (Å²) in [6.07, 6.45) is 9.71. The van der Waals surface area contributed by atoms with Gasteiger partial charge in [0, 0.05) is 18.3 Å². The molecule has 0 aliphatic heterocycles. The van der Waals surface area contributed by atoms with Gasteiger partial charge in [0.2, 0.25) is 0 Å². The Morgan fingerprint density at radius 3 is 2.74 bits per heavy atom. The van der Waals surface area contributed by atoms with Gasteiger partial charge >= 0.3 is 0 Å². The van der Waals surface area contributed by atoms with Crippen LogP contribution in [0, 0.1) is 17.0 Å². The summed E-state index contributed by atoms with van der Waals surface area (Å²) in [7, 11) is 0. The molecule has 0 saturated heterocycles. The van der Waals surface area contributed by atoms with Crippen molar-refractivity contribution in [1.29, 1.82) is 0 Å². The number of fused-ring (bicyclic) bond motifs is 4. The summed E-state index contributed by atoms with van der Waals surface area (Å²) >= 11 is 7.16. The molecule has 3 fully saturated rings. The number of H-pyrrole nitrogens is 1. The molecule has 31 heavy (non-hydrogen) atoms. The van der Waals surface area contributed by atoms with Gasteiger partial charge in [-0.25, -0.2) is 19.9 Å². The first-order valence-electron chi connectivity index (χ1n) is 10.5. The molecule has 0 radical (unpaired) electrons. The number of aromatic nitrogens is 5. The van der Waals surface area contributed by atoms with Crippen LogP contribution >= 0.6 is 22.9 Å². The lowest BCUT2D eigenvalue weighted by molar-refractivity contribution is 0.157. The smallest absolute Gasteiger partial charge is 0.177 e. The van der Waals surface area contributed by atoms with Crippen LogP contribution in [0.5, 0.6) is 0 Å². The highest BCUT2D eigenvalue weighted by molar-refractivity contribution is 7.13. The van der Waals surface area contributed by atoms with Crippen molar-refractivity contribution in [1.82, 2.24) is 24.9 Å². The number of hydrogen-bond donors (Lipinski definition) is 2. The molecule has 3 aliphatic rings. The average Bonchev–Trinajstić information content (AvgIpc) is 3.40. The van der Waals surface area contributed by atoms with Gasteiger partial charge in [0.05, 0.1) is 22.3 Å². The minimum absolute atomic E-state index is 0.237. The summed E-state index contributed by atoms with van der Waals surface area (Å²) in [5.41, 5.74) is 2.64. The van der Waals surface area contributed by atoms with Crippen molar-refractivity contribution in [3.8, 4) is 22.0 Å². The van der Waals surface area contributed by atoms with E-state index in [0.29, 0.717) is 39.8 Å². The fourth-order valence-corrected chi connectivity index (χ4v) is 5.83. The van der Waals surface area contributed by atoms with Crippen LogP contribution in [-0.2, 0) is 0 Å². The number of nitrogens with one attached hydrogen (secondary N) is 2. The first-order valence-corrected chi connectivity index (χ1v) is 11.7. The first-order chi connectivity index (χ1) is 15.1. The van der Waals surface area contributed by atoms with Gasteiger partial charge < -0.3 is 10.3 Å². The van der Waals surface area contributed by atoms with E-state index < -0.39 is 0 Å². The van der Waals surface area contributed by atoms with Crippen molar-refractivity contribution in [3.05, 3.63) is 40.9 Å². The molecule has 0 aromatic carbocycles. The van der Waals surface area contributed by atoms with Crippen LogP contribution in [0.2, 0.25) is 5.15 Å². The molecule has 9 heteroatoms. The Hall–Kier alpha value is -2.58. The van der Waals surface area contributed by atoms with Gasteiger partial charge in [-0.2, -0.15) is 4.39 Å². The molecule has 3 aliphatic carbocycles.